The third-order valence-electron chi connectivity index (χ3n) is 3.78. The number of benzene rings is 1. The van der Waals surface area contributed by atoms with E-state index in [1.54, 1.807) is 0 Å². The van der Waals surface area contributed by atoms with E-state index in [2.05, 4.69) is 24.3 Å². The van der Waals surface area contributed by atoms with E-state index in [9.17, 15) is 5.11 Å². The molecule has 0 aliphatic carbocycles. The van der Waals surface area contributed by atoms with Crippen molar-refractivity contribution in [2.45, 2.75) is 44.9 Å². The van der Waals surface area contributed by atoms with E-state index in [0.29, 0.717) is 6.42 Å². The fraction of sp³-hybridized carbons (Fsp3) is 0.471. The molecule has 1 aromatic carbocycles. The number of hydrogen-bond acceptors (Lipinski definition) is 3. The second-order valence-electron chi connectivity index (χ2n) is 5.64. The van der Waals surface area contributed by atoms with Gasteiger partial charge in [0.15, 0.2) is 0 Å². The molecule has 3 atom stereocenters. The Kier molecular flexibility index (Phi) is 5.53. The second-order valence-corrected chi connectivity index (χ2v) is 5.64. The highest BCUT2D eigenvalue weighted by Crippen LogP contribution is 2.21. The summed E-state index contributed by atoms with van der Waals surface area (Å²) < 4.78 is 1.82. The maximum absolute atomic E-state index is 10.3. The smallest absolute Gasteiger partial charge is 0.0804 e. The van der Waals surface area contributed by atoms with E-state index in [1.165, 1.54) is 5.56 Å². The first-order valence-electron chi connectivity index (χ1n) is 7.57. The summed E-state index contributed by atoms with van der Waals surface area (Å²) >= 11 is 0. The van der Waals surface area contributed by atoms with Crippen LogP contribution < -0.4 is 5.32 Å². The second kappa shape index (κ2) is 7.38. The van der Waals surface area contributed by atoms with Crippen molar-refractivity contribution >= 4 is 0 Å². The fourth-order valence-corrected chi connectivity index (χ4v) is 2.63. The van der Waals surface area contributed by atoms with Crippen LogP contribution in [0.15, 0.2) is 42.7 Å². The zero-order valence-corrected chi connectivity index (χ0v) is 13.0. The van der Waals surface area contributed by atoms with Crippen molar-refractivity contribution in [3.05, 3.63) is 53.9 Å². The van der Waals surface area contributed by atoms with Crippen LogP contribution in [0.5, 0.6) is 0 Å². The van der Waals surface area contributed by atoms with Gasteiger partial charge in [-0.1, -0.05) is 37.3 Å². The quantitative estimate of drug-likeness (QED) is 0.823. The topological polar surface area (TPSA) is 50.1 Å². The molecule has 2 aromatic rings. The minimum atomic E-state index is -0.430. The molecular weight excluding hydrogens is 262 g/mol. The monoisotopic (exact) mass is 287 g/mol. The predicted molar refractivity (Wildman–Crippen MR) is 84.9 cm³/mol. The molecule has 0 aliphatic heterocycles. The van der Waals surface area contributed by atoms with Crippen molar-refractivity contribution in [2.75, 3.05) is 0 Å². The van der Waals surface area contributed by atoms with Gasteiger partial charge in [0.1, 0.15) is 0 Å². The van der Waals surface area contributed by atoms with Crippen LogP contribution in [-0.2, 0) is 7.05 Å². The van der Waals surface area contributed by atoms with Gasteiger partial charge < -0.3 is 10.4 Å². The van der Waals surface area contributed by atoms with Gasteiger partial charge in [-0.15, -0.1) is 0 Å². The first-order chi connectivity index (χ1) is 10.1. The number of aliphatic hydroxyl groups excluding tert-OH is 1. The summed E-state index contributed by atoms with van der Waals surface area (Å²) in [7, 11) is 1.93. The van der Waals surface area contributed by atoms with Gasteiger partial charge in [-0.3, -0.25) is 4.68 Å². The third kappa shape index (κ3) is 4.41. The van der Waals surface area contributed by atoms with Crippen molar-refractivity contribution in [3.8, 4) is 0 Å². The maximum atomic E-state index is 10.3. The van der Waals surface area contributed by atoms with Crippen molar-refractivity contribution < 1.29 is 5.11 Å². The lowest BCUT2D eigenvalue weighted by Crippen LogP contribution is -2.31. The summed E-state index contributed by atoms with van der Waals surface area (Å²) in [6, 6.07) is 10.3. The first kappa shape index (κ1) is 15.7. The Balaban J connectivity index is 1.92. The zero-order valence-electron chi connectivity index (χ0n) is 13.0. The van der Waals surface area contributed by atoms with Crippen LogP contribution in [0.25, 0.3) is 0 Å². The summed E-state index contributed by atoms with van der Waals surface area (Å²) in [5.41, 5.74) is 2.17. The first-order valence-corrected chi connectivity index (χ1v) is 7.57. The maximum Gasteiger partial charge on any atom is 0.0804 e. The van der Waals surface area contributed by atoms with E-state index in [0.717, 1.165) is 12.0 Å². The van der Waals surface area contributed by atoms with Crippen molar-refractivity contribution in [2.24, 2.45) is 7.05 Å². The lowest BCUT2D eigenvalue weighted by atomic mass is 10.0. The highest BCUT2D eigenvalue weighted by atomic mass is 16.3. The minimum Gasteiger partial charge on any atom is -0.388 e. The standard InChI is InChI=1S/C17H25N3O/c1-4-16(15-11-18-20(3)12-15)19-13(2)10-17(21)14-8-6-5-7-9-14/h5-9,11-13,16-17,19,21H,4,10H2,1-3H3. The molecule has 4 nitrogen and oxygen atoms in total. The number of nitrogens with one attached hydrogen (secondary N) is 1. The summed E-state index contributed by atoms with van der Waals surface area (Å²) in [6.07, 6.45) is 5.21. The average Bonchev–Trinajstić information content (AvgIpc) is 2.92. The number of nitrogens with zero attached hydrogens (tertiary/aromatic N) is 2. The number of rotatable bonds is 7. The lowest BCUT2D eigenvalue weighted by molar-refractivity contribution is 0.151. The molecule has 2 rings (SSSR count). The van der Waals surface area contributed by atoms with E-state index < -0.39 is 6.10 Å². The molecule has 21 heavy (non-hydrogen) atoms. The Bertz CT molecular complexity index is 538. The molecule has 114 valence electrons. The molecule has 0 bridgehead atoms. The Hall–Kier alpha value is -1.65. The Morgan fingerprint density at radius 3 is 2.52 bits per heavy atom. The van der Waals surface area contributed by atoms with Crippen molar-refractivity contribution in [1.82, 2.24) is 15.1 Å². The molecule has 1 aromatic heterocycles. The van der Waals surface area contributed by atoms with Crippen molar-refractivity contribution in [1.29, 1.82) is 0 Å². The predicted octanol–water partition coefficient (Wildman–Crippen LogP) is 2.97. The van der Waals surface area contributed by atoms with E-state index >= 15 is 0 Å². The summed E-state index contributed by atoms with van der Waals surface area (Å²) in [5, 5.41) is 18.1. The molecule has 4 heteroatoms. The van der Waals surface area contributed by atoms with Crippen LogP contribution in [0.2, 0.25) is 0 Å². The van der Waals surface area contributed by atoms with Crippen LogP contribution in [0.3, 0.4) is 0 Å². The largest absolute Gasteiger partial charge is 0.388 e. The SMILES string of the molecule is CCC(NC(C)CC(O)c1ccccc1)c1cnn(C)c1. The Morgan fingerprint density at radius 1 is 1.24 bits per heavy atom. The molecule has 0 saturated carbocycles. The molecule has 0 aliphatic rings. The van der Waals surface area contributed by atoms with Gasteiger partial charge in [0.2, 0.25) is 0 Å². The summed E-state index contributed by atoms with van der Waals surface area (Å²) in [4.78, 5) is 0. The molecule has 0 fully saturated rings. The van der Waals surface area contributed by atoms with Crippen LogP contribution in [0.1, 0.15) is 50.0 Å². The van der Waals surface area contributed by atoms with Crippen LogP contribution in [-0.4, -0.2) is 20.9 Å². The number of aromatic nitrogens is 2. The van der Waals surface area contributed by atoms with Gasteiger partial charge in [-0.25, -0.2) is 0 Å². The molecule has 0 radical (unpaired) electrons. The molecule has 1 heterocycles. The lowest BCUT2D eigenvalue weighted by Gasteiger charge is -2.23. The van der Waals surface area contributed by atoms with Gasteiger partial charge in [0, 0.05) is 30.9 Å². The third-order valence-corrected chi connectivity index (χ3v) is 3.78. The molecule has 0 spiro atoms. The van der Waals surface area contributed by atoms with Gasteiger partial charge in [0.05, 0.1) is 12.3 Å². The number of aryl methyl sites for hydroxylation is 1. The Morgan fingerprint density at radius 2 is 1.95 bits per heavy atom. The normalized spacial score (nSPS) is 15.6. The highest BCUT2D eigenvalue weighted by Gasteiger charge is 2.17. The summed E-state index contributed by atoms with van der Waals surface area (Å²) in [5.74, 6) is 0. The van der Waals surface area contributed by atoms with Gasteiger partial charge in [0.25, 0.3) is 0 Å². The van der Waals surface area contributed by atoms with Gasteiger partial charge >= 0.3 is 0 Å². The van der Waals surface area contributed by atoms with Gasteiger partial charge in [-0.2, -0.15) is 5.10 Å². The fourth-order valence-electron chi connectivity index (χ4n) is 2.63. The van der Waals surface area contributed by atoms with E-state index in [-0.39, 0.29) is 12.1 Å². The van der Waals surface area contributed by atoms with Crippen LogP contribution >= 0.6 is 0 Å². The number of aliphatic hydroxyl groups is 1. The molecule has 2 N–H and O–H groups in total. The van der Waals surface area contributed by atoms with Gasteiger partial charge in [-0.05, 0) is 25.3 Å². The van der Waals surface area contributed by atoms with Crippen LogP contribution in [0, 0.1) is 0 Å². The number of hydrogen-bond donors (Lipinski definition) is 2. The summed E-state index contributed by atoms with van der Waals surface area (Å²) in [6.45, 7) is 4.27. The van der Waals surface area contributed by atoms with Crippen molar-refractivity contribution in [3.63, 3.8) is 0 Å². The molecule has 3 unspecified atom stereocenters. The molecule has 0 saturated heterocycles. The molecular formula is C17H25N3O. The van der Waals surface area contributed by atoms with E-state index in [1.807, 2.05) is 54.5 Å². The minimum absolute atomic E-state index is 0.227. The zero-order chi connectivity index (χ0) is 15.2. The molecule has 0 amide bonds. The Labute approximate surface area is 126 Å². The van der Waals surface area contributed by atoms with E-state index in [4.69, 9.17) is 0 Å². The average molecular weight is 287 g/mol. The van der Waals surface area contributed by atoms with Crippen LogP contribution in [0.4, 0.5) is 0 Å². The highest BCUT2D eigenvalue weighted by molar-refractivity contribution is 5.17.